The second-order valence-corrected chi connectivity index (χ2v) is 14.2. The van der Waals surface area contributed by atoms with Gasteiger partial charge in [0, 0.05) is 36.9 Å². The van der Waals surface area contributed by atoms with Crippen molar-refractivity contribution in [3.8, 4) is 67.5 Å². The Kier molecular flexibility index (Phi) is 7.67. The number of aromatic nitrogens is 3. The molecule has 0 aliphatic heterocycles. The topological polar surface area (TPSA) is 38.7 Å². The number of hydrogen-bond acceptors (Lipinski definition) is 4. The summed E-state index contributed by atoms with van der Waals surface area (Å²) in [6, 6.07) is 66.3. The molecule has 0 saturated heterocycles. The van der Waals surface area contributed by atoms with Crippen molar-refractivity contribution in [3.05, 3.63) is 188 Å². The molecule has 53 heavy (non-hydrogen) atoms. The fourth-order valence-electron chi connectivity index (χ4n) is 7.33. The van der Waals surface area contributed by atoms with Gasteiger partial charge in [0.1, 0.15) is 0 Å². The van der Waals surface area contributed by atoms with E-state index < -0.39 is 0 Å². The minimum Gasteiger partial charge on any atom is -0.208 e. The van der Waals surface area contributed by atoms with Crippen molar-refractivity contribution in [1.82, 2.24) is 15.0 Å². The van der Waals surface area contributed by atoms with Crippen LogP contribution in [0.1, 0.15) is 0 Å². The molecular formula is C49H31N3S. The Bertz CT molecular complexity index is 2840. The Hall–Kier alpha value is -6.75. The highest BCUT2D eigenvalue weighted by Gasteiger charge is 2.19. The molecule has 0 saturated carbocycles. The highest BCUT2D eigenvalue weighted by molar-refractivity contribution is 7.26. The van der Waals surface area contributed by atoms with Crippen LogP contribution in [0, 0.1) is 0 Å². The predicted octanol–water partition coefficient (Wildman–Crippen LogP) is 13.4. The minimum absolute atomic E-state index is 0.663. The molecule has 0 aliphatic rings. The van der Waals surface area contributed by atoms with Crippen LogP contribution >= 0.6 is 11.3 Å². The van der Waals surface area contributed by atoms with Gasteiger partial charge in [0.25, 0.3) is 0 Å². The van der Waals surface area contributed by atoms with Crippen LogP contribution in [0.5, 0.6) is 0 Å². The van der Waals surface area contributed by atoms with E-state index in [0.29, 0.717) is 17.5 Å². The van der Waals surface area contributed by atoms with E-state index in [4.69, 9.17) is 15.0 Å². The van der Waals surface area contributed by atoms with Crippen molar-refractivity contribution < 1.29 is 0 Å². The number of benzene rings is 8. The number of nitrogens with zero attached hydrogens (tertiary/aromatic N) is 3. The second-order valence-electron chi connectivity index (χ2n) is 13.2. The summed E-state index contributed by atoms with van der Waals surface area (Å²) in [4.78, 5) is 15.1. The van der Waals surface area contributed by atoms with E-state index in [1.165, 1.54) is 64.3 Å². The summed E-state index contributed by atoms with van der Waals surface area (Å²) in [5.74, 6) is 2.00. The van der Waals surface area contributed by atoms with Crippen LogP contribution in [-0.4, -0.2) is 15.0 Å². The maximum Gasteiger partial charge on any atom is 0.165 e. The van der Waals surface area contributed by atoms with Crippen LogP contribution in [0.4, 0.5) is 0 Å². The Morgan fingerprint density at radius 2 is 0.736 bits per heavy atom. The lowest BCUT2D eigenvalue weighted by Crippen LogP contribution is -2.00. The zero-order valence-corrected chi connectivity index (χ0v) is 29.5. The SMILES string of the molecule is c1ccc(-c2ccc(-c3ccc(-c4cc5sc6c(-c7nc(-c8ccccc8)nc(-c8ccccc8)n7)cccc6c5c5ccccc45)cc3)cc2)cc1. The van der Waals surface area contributed by atoms with Crippen LogP contribution in [0.25, 0.3) is 98.5 Å². The second kappa shape index (κ2) is 13.1. The number of fused-ring (bicyclic) bond motifs is 5. The zero-order chi connectivity index (χ0) is 35.1. The van der Waals surface area contributed by atoms with E-state index >= 15 is 0 Å². The van der Waals surface area contributed by atoms with E-state index in [1.807, 2.05) is 47.7 Å². The molecule has 0 aliphatic carbocycles. The van der Waals surface area contributed by atoms with E-state index in [1.54, 1.807) is 0 Å². The molecule has 0 unspecified atom stereocenters. The lowest BCUT2D eigenvalue weighted by molar-refractivity contribution is 1.08. The van der Waals surface area contributed by atoms with Gasteiger partial charge in [-0.3, -0.25) is 0 Å². The van der Waals surface area contributed by atoms with Crippen molar-refractivity contribution in [2.24, 2.45) is 0 Å². The molecule has 0 bridgehead atoms. The highest BCUT2D eigenvalue weighted by Crippen LogP contribution is 2.45. The monoisotopic (exact) mass is 693 g/mol. The van der Waals surface area contributed by atoms with E-state index in [9.17, 15) is 0 Å². The van der Waals surface area contributed by atoms with Crippen LogP contribution in [0.15, 0.2) is 188 Å². The molecule has 10 aromatic rings. The third-order valence-corrected chi connectivity index (χ3v) is 11.2. The van der Waals surface area contributed by atoms with Gasteiger partial charge in [0.15, 0.2) is 17.5 Å². The molecule has 0 spiro atoms. The Morgan fingerprint density at radius 1 is 0.302 bits per heavy atom. The van der Waals surface area contributed by atoms with Crippen molar-refractivity contribution in [1.29, 1.82) is 0 Å². The normalized spacial score (nSPS) is 11.4. The molecule has 0 N–H and O–H groups in total. The van der Waals surface area contributed by atoms with Crippen LogP contribution < -0.4 is 0 Å². The van der Waals surface area contributed by atoms with Crippen molar-refractivity contribution >= 4 is 42.3 Å². The molecule has 4 heteroatoms. The Morgan fingerprint density at radius 3 is 1.30 bits per heavy atom. The molecule has 10 rings (SSSR count). The highest BCUT2D eigenvalue weighted by atomic mass is 32.1. The standard InChI is InChI=1S/C49H31N3S/c1-4-13-32(14-5-1)33-23-25-34(26-24-33)35-27-29-36(30-28-35)43-31-44-45(40-20-11-10-19-39(40)43)41-21-12-22-42(46(41)53-44)49-51-47(37-15-6-2-7-16-37)50-48(52-49)38-17-8-3-9-18-38/h1-31H. The predicted molar refractivity (Wildman–Crippen MR) is 223 cm³/mol. The van der Waals surface area contributed by atoms with Gasteiger partial charge in [-0.1, -0.05) is 176 Å². The number of thiophene rings is 1. The average molecular weight is 694 g/mol. The van der Waals surface area contributed by atoms with Gasteiger partial charge in [-0.05, 0) is 56.3 Å². The van der Waals surface area contributed by atoms with Gasteiger partial charge in [-0.25, -0.2) is 15.0 Å². The summed E-state index contributed by atoms with van der Waals surface area (Å²) in [7, 11) is 0. The summed E-state index contributed by atoms with van der Waals surface area (Å²) < 4.78 is 2.41. The van der Waals surface area contributed by atoms with Gasteiger partial charge < -0.3 is 0 Å². The molecular weight excluding hydrogens is 663 g/mol. The molecule has 2 heterocycles. The van der Waals surface area contributed by atoms with E-state index in [2.05, 4.69) is 152 Å². The lowest BCUT2D eigenvalue weighted by atomic mass is 9.93. The van der Waals surface area contributed by atoms with Crippen LogP contribution in [0.2, 0.25) is 0 Å². The summed E-state index contributed by atoms with van der Waals surface area (Å²) in [6.07, 6.45) is 0. The molecule has 8 aromatic carbocycles. The fraction of sp³-hybridized carbons (Fsp3) is 0. The fourth-order valence-corrected chi connectivity index (χ4v) is 8.60. The maximum atomic E-state index is 5.08. The smallest absolute Gasteiger partial charge is 0.165 e. The third kappa shape index (κ3) is 5.66. The molecule has 0 atom stereocenters. The number of rotatable bonds is 6. The maximum absolute atomic E-state index is 5.08. The summed E-state index contributed by atoms with van der Waals surface area (Å²) in [5.41, 5.74) is 10.2. The molecule has 0 fully saturated rings. The lowest BCUT2D eigenvalue weighted by Gasteiger charge is -2.11. The van der Waals surface area contributed by atoms with Gasteiger partial charge in [-0.15, -0.1) is 11.3 Å². The first-order chi connectivity index (χ1) is 26.3. The summed E-state index contributed by atoms with van der Waals surface area (Å²) in [6.45, 7) is 0. The first-order valence-corrected chi connectivity index (χ1v) is 18.6. The third-order valence-electron chi connectivity index (χ3n) is 9.97. The van der Waals surface area contributed by atoms with Gasteiger partial charge in [0.05, 0.1) is 0 Å². The minimum atomic E-state index is 0.663. The first kappa shape index (κ1) is 31.0. The number of hydrogen-bond donors (Lipinski definition) is 0. The zero-order valence-electron chi connectivity index (χ0n) is 28.6. The van der Waals surface area contributed by atoms with Crippen molar-refractivity contribution in [2.45, 2.75) is 0 Å². The first-order valence-electron chi connectivity index (χ1n) is 17.8. The Labute approximate surface area is 311 Å². The molecule has 0 radical (unpaired) electrons. The van der Waals surface area contributed by atoms with Crippen molar-refractivity contribution in [3.63, 3.8) is 0 Å². The molecule has 0 amide bonds. The summed E-state index contributed by atoms with van der Waals surface area (Å²) >= 11 is 1.81. The Balaban J connectivity index is 1.09. The average Bonchev–Trinajstić information content (AvgIpc) is 3.63. The molecule has 2 aromatic heterocycles. The van der Waals surface area contributed by atoms with Gasteiger partial charge in [-0.2, -0.15) is 0 Å². The molecule has 248 valence electrons. The largest absolute Gasteiger partial charge is 0.208 e. The van der Waals surface area contributed by atoms with Crippen LogP contribution in [-0.2, 0) is 0 Å². The molecule has 3 nitrogen and oxygen atoms in total. The van der Waals surface area contributed by atoms with Gasteiger partial charge in [0.2, 0.25) is 0 Å². The summed E-state index contributed by atoms with van der Waals surface area (Å²) in [5, 5.41) is 4.96. The van der Waals surface area contributed by atoms with E-state index in [-0.39, 0.29) is 0 Å². The van der Waals surface area contributed by atoms with Crippen LogP contribution in [0.3, 0.4) is 0 Å². The quantitative estimate of drug-likeness (QED) is 0.174. The van der Waals surface area contributed by atoms with Crippen molar-refractivity contribution in [2.75, 3.05) is 0 Å². The van der Waals surface area contributed by atoms with E-state index in [0.717, 1.165) is 16.7 Å². The van der Waals surface area contributed by atoms with Gasteiger partial charge >= 0.3 is 0 Å².